The molecule has 2 N–H and O–H groups in total. The summed E-state index contributed by atoms with van der Waals surface area (Å²) < 4.78 is 7.53. The SMILES string of the molecule is COc1ccccc1-n1c(-c2ccccc2)cnc1SCC(=O)NNC(=O)c1cccs1. The number of hydrogen-bond donors (Lipinski definition) is 2. The molecular weight excluding hydrogens is 444 g/mol. The number of benzene rings is 2. The molecule has 4 aromatic rings. The molecule has 32 heavy (non-hydrogen) atoms. The van der Waals surface area contributed by atoms with Crippen LogP contribution in [0.4, 0.5) is 0 Å². The smallest absolute Gasteiger partial charge is 0.279 e. The topological polar surface area (TPSA) is 85.2 Å². The Morgan fingerprint density at radius 1 is 1.03 bits per heavy atom. The molecule has 0 saturated heterocycles. The zero-order valence-corrected chi connectivity index (χ0v) is 18.8. The highest BCUT2D eigenvalue weighted by molar-refractivity contribution is 7.99. The molecule has 7 nitrogen and oxygen atoms in total. The van der Waals surface area contributed by atoms with Crippen LogP contribution in [-0.4, -0.2) is 34.2 Å². The Morgan fingerprint density at radius 2 is 1.81 bits per heavy atom. The first-order valence-electron chi connectivity index (χ1n) is 9.69. The Morgan fingerprint density at radius 3 is 2.56 bits per heavy atom. The summed E-state index contributed by atoms with van der Waals surface area (Å²) >= 11 is 2.57. The van der Waals surface area contributed by atoms with Crippen molar-refractivity contribution in [3.8, 4) is 22.7 Å². The van der Waals surface area contributed by atoms with Crippen molar-refractivity contribution < 1.29 is 14.3 Å². The quantitative estimate of drug-likeness (QED) is 0.317. The average Bonchev–Trinajstić information content (AvgIpc) is 3.52. The van der Waals surface area contributed by atoms with Crippen LogP contribution in [0.25, 0.3) is 16.9 Å². The van der Waals surface area contributed by atoms with E-state index in [-0.39, 0.29) is 17.6 Å². The number of methoxy groups -OCH3 is 1. The Balaban J connectivity index is 1.54. The number of thioether (sulfide) groups is 1. The number of imidazole rings is 1. The summed E-state index contributed by atoms with van der Waals surface area (Å²) in [5, 5.41) is 2.43. The van der Waals surface area contributed by atoms with Gasteiger partial charge in [-0.25, -0.2) is 4.98 Å². The van der Waals surface area contributed by atoms with Crippen molar-refractivity contribution >= 4 is 34.9 Å². The highest BCUT2D eigenvalue weighted by Gasteiger charge is 2.18. The summed E-state index contributed by atoms with van der Waals surface area (Å²) in [7, 11) is 1.62. The molecule has 4 rings (SSSR count). The molecule has 9 heteroatoms. The lowest BCUT2D eigenvalue weighted by atomic mass is 10.1. The van der Waals surface area contributed by atoms with E-state index in [9.17, 15) is 9.59 Å². The number of carbonyl (C=O) groups is 2. The van der Waals surface area contributed by atoms with Crippen molar-refractivity contribution in [2.24, 2.45) is 0 Å². The molecule has 0 bridgehead atoms. The van der Waals surface area contributed by atoms with Crippen LogP contribution >= 0.6 is 23.1 Å². The van der Waals surface area contributed by atoms with E-state index in [4.69, 9.17) is 4.74 Å². The minimum Gasteiger partial charge on any atom is -0.495 e. The number of carbonyl (C=O) groups excluding carboxylic acids is 2. The maximum atomic E-state index is 12.3. The molecule has 2 aromatic heterocycles. The molecule has 162 valence electrons. The number of rotatable bonds is 7. The zero-order chi connectivity index (χ0) is 22.3. The van der Waals surface area contributed by atoms with Crippen LogP contribution in [0.15, 0.2) is 83.5 Å². The summed E-state index contributed by atoms with van der Waals surface area (Å²) in [4.78, 5) is 29.4. The van der Waals surface area contributed by atoms with E-state index in [0.29, 0.717) is 15.8 Å². The van der Waals surface area contributed by atoms with Crippen LogP contribution in [0.5, 0.6) is 5.75 Å². The molecule has 0 spiro atoms. The molecule has 0 aliphatic carbocycles. The largest absolute Gasteiger partial charge is 0.495 e. The number of nitrogens with zero attached hydrogens (tertiary/aromatic N) is 2. The normalized spacial score (nSPS) is 10.5. The van der Waals surface area contributed by atoms with Crippen molar-refractivity contribution in [1.29, 1.82) is 0 Å². The van der Waals surface area contributed by atoms with E-state index in [2.05, 4.69) is 15.8 Å². The van der Waals surface area contributed by atoms with Gasteiger partial charge < -0.3 is 4.74 Å². The van der Waals surface area contributed by atoms with Gasteiger partial charge >= 0.3 is 0 Å². The molecule has 0 saturated carbocycles. The van der Waals surface area contributed by atoms with Gasteiger partial charge in [-0.15, -0.1) is 11.3 Å². The third kappa shape index (κ3) is 4.84. The van der Waals surface area contributed by atoms with Gasteiger partial charge in [0.1, 0.15) is 5.75 Å². The van der Waals surface area contributed by atoms with Gasteiger partial charge in [0.25, 0.3) is 5.91 Å². The van der Waals surface area contributed by atoms with Crippen LogP contribution in [0.1, 0.15) is 9.67 Å². The van der Waals surface area contributed by atoms with E-state index in [1.165, 1.54) is 23.1 Å². The van der Waals surface area contributed by atoms with Gasteiger partial charge in [-0.1, -0.05) is 60.3 Å². The first-order chi connectivity index (χ1) is 15.7. The van der Waals surface area contributed by atoms with Crippen LogP contribution in [-0.2, 0) is 4.79 Å². The van der Waals surface area contributed by atoms with Gasteiger partial charge in [-0.05, 0) is 23.6 Å². The third-order valence-electron chi connectivity index (χ3n) is 4.52. The number of nitrogens with one attached hydrogen (secondary N) is 2. The van der Waals surface area contributed by atoms with Gasteiger partial charge in [-0.2, -0.15) is 0 Å². The van der Waals surface area contributed by atoms with Gasteiger partial charge in [0.05, 0.1) is 35.3 Å². The molecule has 2 heterocycles. The summed E-state index contributed by atoms with van der Waals surface area (Å²) in [6.07, 6.45) is 1.78. The number of aromatic nitrogens is 2. The van der Waals surface area contributed by atoms with E-state index >= 15 is 0 Å². The molecule has 2 amide bonds. The lowest BCUT2D eigenvalue weighted by Gasteiger charge is -2.15. The minimum absolute atomic E-state index is 0.0745. The first-order valence-corrected chi connectivity index (χ1v) is 11.6. The number of para-hydroxylation sites is 2. The van der Waals surface area contributed by atoms with E-state index < -0.39 is 0 Å². The molecule has 0 fully saturated rings. The van der Waals surface area contributed by atoms with Crippen molar-refractivity contribution in [3.63, 3.8) is 0 Å². The number of ether oxygens (including phenoxy) is 1. The number of hydrogen-bond acceptors (Lipinski definition) is 6. The predicted molar refractivity (Wildman–Crippen MR) is 126 cm³/mol. The standard InChI is InChI=1S/C23H20N4O3S2/c1-30-19-11-6-5-10-17(19)27-18(16-8-3-2-4-9-16)14-24-23(27)32-15-21(28)25-26-22(29)20-12-7-13-31-20/h2-14H,15H2,1H3,(H,25,28)(H,26,29). The maximum Gasteiger partial charge on any atom is 0.279 e. The average molecular weight is 465 g/mol. The molecular formula is C23H20N4O3S2. The first kappa shape index (κ1) is 21.7. The highest BCUT2D eigenvalue weighted by Crippen LogP contribution is 2.33. The van der Waals surface area contributed by atoms with Gasteiger partial charge in [-0.3, -0.25) is 25.0 Å². The lowest BCUT2D eigenvalue weighted by Crippen LogP contribution is -2.42. The van der Waals surface area contributed by atoms with Crippen molar-refractivity contribution in [1.82, 2.24) is 20.4 Å². The molecule has 0 aliphatic heterocycles. The fourth-order valence-electron chi connectivity index (χ4n) is 3.06. The Labute approximate surface area is 193 Å². The van der Waals surface area contributed by atoms with Crippen LogP contribution in [0, 0.1) is 0 Å². The number of thiophene rings is 1. The second-order valence-corrected chi connectivity index (χ2v) is 8.46. The number of amides is 2. The summed E-state index contributed by atoms with van der Waals surface area (Å²) in [5.41, 5.74) is 7.56. The van der Waals surface area contributed by atoms with Gasteiger partial charge in [0.2, 0.25) is 5.91 Å². The zero-order valence-electron chi connectivity index (χ0n) is 17.1. The molecule has 0 aliphatic rings. The van der Waals surface area contributed by atoms with Gasteiger partial charge in [0.15, 0.2) is 5.16 Å². The van der Waals surface area contributed by atoms with Gasteiger partial charge in [0, 0.05) is 5.56 Å². The fourth-order valence-corrected chi connectivity index (χ4v) is 4.46. The van der Waals surface area contributed by atoms with E-state index in [1.54, 1.807) is 30.8 Å². The van der Waals surface area contributed by atoms with Crippen molar-refractivity contribution in [2.75, 3.05) is 12.9 Å². The highest BCUT2D eigenvalue weighted by atomic mass is 32.2. The predicted octanol–water partition coefficient (Wildman–Crippen LogP) is 4.16. The third-order valence-corrected chi connectivity index (χ3v) is 6.34. The van der Waals surface area contributed by atoms with E-state index in [0.717, 1.165) is 16.9 Å². The number of hydrazine groups is 1. The van der Waals surface area contributed by atoms with Crippen LogP contribution in [0.2, 0.25) is 0 Å². The summed E-state index contributed by atoms with van der Waals surface area (Å²) in [6, 6.07) is 21.0. The Kier molecular flexibility index (Phi) is 6.88. The van der Waals surface area contributed by atoms with E-state index in [1.807, 2.05) is 59.2 Å². The Hall–Kier alpha value is -3.56. The van der Waals surface area contributed by atoms with Crippen LogP contribution in [0.3, 0.4) is 0 Å². The second kappa shape index (κ2) is 10.2. The summed E-state index contributed by atoms with van der Waals surface area (Å²) in [6.45, 7) is 0. The molecule has 0 atom stereocenters. The lowest BCUT2D eigenvalue weighted by molar-refractivity contribution is -0.119. The molecule has 0 radical (unpaired) electrons. The molecule has 2 aromatic carbocycles. The Bertz CT molecular complexity index is 1210. The monoisotopic (exact) mass is 464 g/mol. The molecule has 0 unspecified atom stereocenters. The second-order valence-electron chi connectivity index (χ2n) is 6.57. The van der Waals surface area contributed by atoms with Crippen LogP contribution < -0.4 is 15.6 Å². The van der Waals surface area contributed by atoms with Crippen molar-refractivity contribution in [2.45, 2.75) is 5.16 Å². The minimum atomic E-state index is -0.347. The summed E-state index contributed by atoms with van der Waals surface area (Å²) in [5.74, 6) is 0.0821. The fraction of sp³-hybridized carbons (Fsp3) is 0.0870. The van der Waals surface area contributed by atoms with Crippen molar-refractivity contribution in [3.05, 3.63) is 83.2 Å². The maximum absolute atomic E-state index is 12.3.